The number of hydrogen-bond donors (Lipinski definition) is 0. The van der Waals surface area contributed by atoms with Crippen molar-refractivity contribution in [1.82, 2.24) is 9.97 Å². The molecular weight excluding hydrogens is 291 g/mol. The van der Waals surface area contributed by atoms with Crippen molar-refractivity contribution >= 4 is 38.5 Å². The van der Waals surface area contributed by atoms with Crippen molar-refractivity contribution in [3.63, 3.8) is 0 Å². The van der Waals surface area contributed by atoms with Gasteiger partial charge in [-0.3, -0.25) is 0 Å². The van der Waals surface area contributed by atoms with Crippen molar-refractivity contribution in [1.29, 1.82) is 0 Å². The van der Waals surface area contributed by atoms with Crippen molar-refractivity contribution in [3.05, 3.63) is 27.8 Å². The molecule has 1 aliphatic heterocycles. The Morgan fingerprint density at radius 2 is 2.13 bits per heavy atom. The molecule has 1 aromatic rings. The predicted octanol–water partition coefficient (Wildman–Crippen LogP) is 2.85. The summed E-state index contributed by atoms with van der Waals surface area (Å²) in [5.74, 6) is 0. The molecule has 0 aromatic carbocycles. The standard InChI is InChI=1S/C10H12N2S2Se/c1-7-5-8(2)12-10(11-7)14-9-6-15-4-3-13-9/h3-5,9H,6H2,1-2H3. The van der Waals surface area contributed by atoms with E-state index in [1.54, 1.807) is 11.8 Å². The first-order chi connectivity index (χ1) is 7.24. The normalized spacial score (nSPS) is 20.5. The van der Waals surface area contributed by atoms with E-state index in [1.807, 2.05) is 31.7 Å². The van der Waals surface area contributed by atoms with Crippen LogP contribution in [0.3, 0.4) is 0 Å². The van der Waals surface area contributed by atoms with E-state index in [2.05, 4.69) is 20.4 Å². The quantitative estimate of drug-likeness (QED) is 0.620. The van der Waals surface area contributed by atoms with E-state index in [-0.39, 0.29) is 0 Å². The van der Waals surface area contributed by atoms with Crippen LogP contribution in [0.1, 0.15) is 11.4 Å². The Bertz CT molecular complexity index is 361. The van der Waals surface area contributed by atoms with E-state index in [4.69, 9.17) is 0 Å². The van der Waals surface area contributed by atoms with Crippen LogP contribution in [0.5, 0.6) is 0 Å². The zero-order chi connectivity index (χ0) is 10.7. The van der Waals surface area contributed by atoms with Gasteiger partial charge >= 0.3 is 105 Å². The Hall–Kier alpha value is 0.0395. The minimum absolute atomic E-state index is 0.608. The first-order valence-electron chi connectivity index (χ1n) is 4.65. The molecule has 0 N–H and O–H groups in total. The molecule has 0 bridgehead atoms. The van der Waals surface area contributed by atoms with E-state index in [0.29, 0.717) is 19.5 Å². The summed E-state index contributed by atoms with van der Waals surface area (Å²) in [6.45, 7) is 4.05. The summed E-state index contributed by atoms with van der Waals surface area (Å²) in [5, 5.41) is 4.41. The molecule has 80 valence electrons. The number of aryl methyl sites for hydroxylation is 2. The van der Waals surface area contributed by atoms with Crippen LogP contribution in [0.2, 0.25) is 5.32 Å². The van der Waals surface area contributed by atoms with Gasteiger partial charge < -0.3 is 0 Å². The van der Waals surface area contributed by atoms with Gasteiger partial charge in [0.25, 0.3) is 0 Å². The van der Waals surface area contributed by atoms with E-state index in [1.165, 1.54) is 5.32 Å². The number of nitrogens with zero attached hydrogens (tertiary/aromatic N) is 2. The molecule has 2 rings (SSSR count). The van der Waals surface area contributed by atoms with E-state index in [9.17, 15) is 0 Å². The van der Waals surface area contributed by atoms with Crippen LogP contribution in [0.15, 0.2) is 21.6 Å². The fourth-order valence-corrected chi connectivity index (χ4v) is 6.22. The maximum absolute atomic E-state index is 4.45. The van der Waals surface area contributed by atoms with Gasteiger partial charge in [0, 0.05) is 0 Å². The molecular formula is C10H12N2S2Se. The average molecular weight is 303 g/mol. The summed E-state index contributed by atoms with van der Waals surface area (Å²) >= 11 is 4.35. The molecule has 1 aliphatic rings. The van der Waals surface area contributed by atoms with Crippen molar-refractivity contribution in [2.24, 2.45) is 0 Å². The number of hydrogen-bond acceptors (Lipinski definition) is 4. The van der Waals surface area contributed by atoms with Crippen molar-refractivity contribution < 1.29 is 0 Å². The third-order valence-electron chi connectivity index (χ3n) is 1.81. The van der Waals surface area contributed by atoms with Crippen LogP contribution in [-0.4, -0.2) is 29.5 Å². The molecule has 2 nitrogen and oxygen atoms in total. The van der Waals surface area contributed by atoms with Gasteiger partial charge in [-0.15, -0.1) is 0 Å². The van der Waals surface area contributed by atoms with Crippen LogP contribution in [0.25, 0.3) is 0 Å². The summed E-state index contributed by atoms with van der Waals surface area (Å²) < 4.78 is 0.608. The molecule has 0 amide bonds. The first-order valence-corrected chi connectivity index (χ1v) is 8.67. The summed E-state index contributed by atoms with van der Waals surface area (Å²) in [6.07, 6.45) is 0. The van der Waals surface area contributed by atoms with E-state index >= 15 is 0 Å². The van der Waals surface area contributed by atoms with Gasteiger partial charge in [-0.2, -0.15) is 0 Å². The summed E-state index contributed by atoms with van der Waals surface area (Å²) in [4.78, 5) is 11.2. The minimum atomic E-state index is 0.608. The molecule has 5 heteroatoms. The Kier molecular flexibility index (Phi) is 4.14. The molecule has 0 radical (unpaired) electrons. The van der Waals surface area contributed by atoms with E-state index < -0.39 is 0 Å². The molecule has 0 spiro atoms. The Labute approximate surface area is 105 Å². The third kappa shape index (κ3) is 3.52. The monoisotopic (exact) mass is 304 g/mol. The maximum atomic E-state index is 4.45. The van der Waals surface area contributed by atoms with Crippen molar-refractivity contribution in [2.45, 2.75) is 28.9 Å². The SMILES string of the molecule is Cc1cc(C)nc(SC2C[Se]C=CS2)n1. The van der Waals surface area contributed by atoms with Crippen LogP contribution < -0.4 is 0 Å². The fraction of sp³-hybridized carbons (Fsp3) is 0.400. The van der Waals surface area contributed by atoms with Gasteiger partial charge in [-0.05, 0) is 0 Å². The van der Waals surface area contributed by atoms with Gasteiger partial charge in [0.1, 0.15) is 0 Å². The summed E-state index contributed by atoms with van der Waals surface area (Å²) in [6, 6.07) is 2.02. The van der Waals surface area contributed by atoms with Gasteiger partial charge in [0.05, 0.1) is 0 Å². The molecule has 1 aromatic heterocycles. The molecule has 1 unspecified atom stereocenters. The van der Waals surface area contributed by atoms with Crippen LogP contribution >= 0.6 is 23.5 Å². The number of rotatable bonds is 2. The van der Waals surface area contributed by atoms with Gasteiger partial charge in [0.15, 0.2) is 0 Å². The molecule has 2 heterocycles. The number of aromatic nitrogens is 2. The molecule has 15 heavy (non-hydrogen) atoms. The van der Waals surface area contributed by atoms with Crippen LogP contribution in [0, 0.1) is 13.8 Å². The summed E-state index contributed by atoms with van der Waals surface area (Å²) in [7, 11) is 0. The average Bonchev–Trinajstić information content (AvgIpc) is 2.17. The third-order valence-corrected chi connectivity index (χ3v) is 7.16. The predicted molar refractivity (Wildman–Crippen MR) is 68.4 cm³/mol. The molecule has 0 aliphatic carbocycles. The Balaban J connectivity index is 2.06. The topological polar surface area (TPSA) is 25.8 Å². The van der Waals surface area contributed by atoms with Gasteiger partial charge in [0.2, 0.25) is 0 Å². The van der Waals surface area contributed by atoms with E-state index in [0.717, 1.165) is 16.5 Å². The van der Waals surface area contributed by atoms with Crippen molar-refractivity contribution in [2.75, 3.05) is 0 Å². The summed E-state index contributed by atoms with van der Waals surface area (Å²) in [5.41, 5.74) is 2.12. The molecule has 0 fully saturated rings. The van der Waals surface area contributed by atoms with Crippen molar-refractivity contribution in [3.8, 4) is 0 Å². The number of thioether (sulfide) groups is 2. The fourth-order valence-electron chi connectivity index (χ4n) is 1.26. The molecule has 0 saturated heterocycles. The second kappa shape index (κ2) is 5.39. The Morgan fingerprint density at radius 3 is 2.73 bits per heavy atom. The van der Waals surface area contributed by atoms with Crippen LogP contribution in [-0.2, 0) is 0 Å². The van der Waals surface area contributed by atoms with Gasteiger partial charge in [-0.1, -0.05) is 0 Å². The molecule has 1 atom stereocenters. The second-order valence-electron chi connectivity index (χ2n) is 3.22. The van der Waals surface area contributed by atoms with Gasteiger partial charge in [-0.25, -0.2) is 0 Å². The second-order valence-corrected chi connectivity index (χ2v) is 7.77. The molecule has 0 saturated carbocycles. The Morgan fingerprint density at radius 1 is 1.40 bits per heavy atom. The van der Waals surface area contributed by atoms with Crippen LogP contribution in [0.4, 0.5) is 0 Å². The zero-order valence-corrected chi connectivity index (χ0v) is 12.0. The zero-order valence-electron chi connectivity index (χ0n) is 8.64. The first kappa shape index (κ1) is 11.5.